The molecule has 1 N–H and O–H groups in total. The second-order valence-electron chi connectivity index (χ2n) is 4.84. The monoisotopic (exact) mass is 207 g/mol. The van der Waals surface area contributed by atoms with Crippen molar-refractivity contribution in [3.05, 3.63) is 0 Å². The molecular weight excluding hydrogens is 186 g/mol. The van der Waals surface area contributed by atoms with Crippen LogP contribution in [0, 0.1) is 11.3 Å². The Hall–Kier alpha value is -0.590. The lowest BCUT2D eigenvalue weighted by Crippen LogP contribution is -2.35. The summed E-state index contributed by atoms with van der Waals surface area (Å²) in [5.41, 5.74) is 0. The third-order valence-corrected chi connectivity index (χ3v) is 3.62. The van der Waals surface area contributed by atoms with Gasteiger partial charge < -0.3 is 10.2 Å². The second kappa shape index (κ2) is 5.48. The molecule has 0 aromatic rings. The smallest absolute Gasteiger partial charge is 0.0621 e. The van der Waals surface area contributed by atoms with E-state index in [9.17, 15) is 0 Å². The van der Waals surface area contributed by atoms with E-state index in [4.69, 9.17) is 5.26 Å². The van der Waals surface area contributed by atoms with Crippen LogP contribution < -0.4 is 5.32 Å². The molecule has 84 valence electrons. The number of hydrogen-bond donors (Lipinski definition) is 1. The third kappa shape index (κ3) is 3.19. The maximum atomic E-state index is 8.46. The maximum Gasteiger partial charge on any atom is 0.0621 e. The van der Waals surface area contributed by atoms with Gasteiger partial charge in [0.2, 0.25) is 0 Å². The molecule has 0 aromatic heterocycles. The van der Waals surface area contributed by atoms with Gasteiger partial charge in [-0.15, -0.1) is 0 Å². The Morgan fingerprint density at radius 1 is 1.20 bits per heavy atom. The van der Waals surface area contributed by atoms with E-state index in [0.29, 0.717) is 0 Å². The molecular formula is C12H21N3. The van der Waals surface area contributed by atoms with Crippen LogP contribution in [0.3, 0.4) is 0 Å². The van der Waals surface area contributed by atoms with E-state index in [2.05, 4.69) is 16.3 Å². The Bertz CT molecular complexity index is 234. The number of unbranched alkanes of at least 4 members (excludes halogenated alkanes) is 2. The summed E-state index contributed by atoms with van der Waals surface area (Å²) in [6.45, 7) is 3.66. The molecule has 3 heteroatoms. The molecule has 3 nitrogen and oxygen atoms in total. The molecule has 2 unspecified atom stereocenters. The lowest BCUT2D eigenvalue weighted by Gasteiger charge is -2.23. The predicted octanol–water partition coefficient (Wildman–Crippen LogP) is 1.51. The van der Waals surface area contributed by atoms with Gasteiger partial charge in [0.1, 0.15) is 0 Å². The van der Waals surface area contributed by atoms with Crippen LogP contribution in [0.4, 0.5) is 0 Å². The molecule has 2 aliphatic rings. The molecule has 15 heavy (non-hydrogen) atoms. The second-order valence-corrected chi connectivity index (χ2v) is 4.84. The Labute approximate surface area is 92.4 Å². The van der Waals surface area contributed by atoms with E-state index in [1.807, 2.05) is 0 Å². The molecule has 2 bridgehead atoms. The average Bonchev–Trinajstić information content (AvgIpc) is 2.56. The van der Waals surface area contributed by atoms with Gasteiger partial charge in [0.05, 0.1) is 6.07 Å². The number of nitriles is 1. The van der Waals surface area contributed by atoms with Crippen LogP contribution in [0.2, 0.25) is 0 Å². The summed E-state index contributed by atoms with van der Waals surface area (Å²) in [7, 11) is 0. The molecule has 2 atom stereocenters. The van der Waals surface area contributed by atoms with Crippen LogP contribution in [-0.2, 0) is 0 Å². The quantitative estimate of drug-likeness (QED) is 0.710. The minimum Gasteiger partial charge on any atom is -0.310 e. The van der Waals surface area contributed by atoms with Crippen molar-refractivity contribution in [3.63, 3.8) is 0 Å². The van der Waals surface area contributed by atoms with Gasteiger partial charge in [-0.3, -0.25) is 0 Å². The van der Waals surface area contributed by atoms with E-state index in [1.165, 1.54) is 45.3 Å². The fourth-order valence-electron chi connectivity index (χ4n) is 2.76. The largest absolute Gasteiger partial charge is 0.310 e. The topological polar surface area (TPSA) is 39.1 Å². The summed E-state index contributed by atoms with van der Waals surface area (Å²) in [4.78, 5) is 2.58. The van der Waals surface area contributed by atoms with Gasteiger partial charge in [-0.25, -0.2) is 0 Å². The molecule has 2 aliphatic heterocycles. The first-order valence-corrected chi connectivity index (χ1v) is 6.24. The first-order chi connectivity index (χ1) is 7.38. The van der Waals surface area contributed by atoms with Crippen molar-refractivity contribution >= 4 is 0 Å². The Kier molecular flexibility index (Phi) is 3.99. The van der Waals surface area contributed by atoms with Gasteiger partial charge in [-0.1, -0.05) is 0 Å². The van der Waals surface area contributed by atoms with Gasteiger partial charge in [-0.05, 0) is 45.2 Å². The highest BCUT2D eigenvalue weighted by Gasteiger charge is 2.28. The van der Waals surface area contributed by atoms with Crippen molar-refractivity contribution < 1.29 is 0 Å². The van der Waals surface area contributed by atoms with Gasteiger partial charge in [0, 0.05) is 25.0 Å². The van der Waals surface area contributed by atoms with Crippen molar-refractivity contribution in [2.24, 2.45) is 0 Å². The highest BCUT2D eigenvalue weighted by atomic mass is 15.2. The zero-order chi connectivity index (χ0) is 10.5. The highest BCUT2D eigenvalue weighted by Crippen LogP contribution is 2.20. The summed E-state index contributed by atoms with van der Waals surface area (Å²) in [5, 5.41) is 12.2. The zero-order valence-corrected chi connectivity index (χ0v) is 9.41. The summed E-state index contributed by atoms with van der Waals surface area (Å²) in [5.74, 6) is 0. The minimum absolute atomic E-state index is 0.720. The molecule has 2 fully saturated rings. The number of hydrogen-bond acceptors (Lipinski definition) is 3. The number of rotatable bonds is 4. The summed E-state index contributed by atoms with van der Waals surface area (Å²) in [6.07, 6.45) is 7.03. The molecule has 0 aliphatic carbocycles. The fraction of sp³-hybridized carbons (Fsp3) is 0.917. The third-order valence-electron chi connectivity index (χ3n) is 3.62. The van der Waals surface area contributed by atoms with Crippen molar-refractivity contribution in [3.8, 4) is 6.07 Å². The van der Waals surface area contributed by atoms with Crippen LogP contribution in [0.5, 0.6) is 0 Å². The normalized spacial score (nSPS) is 31.1. The summed E-state index contributed by atoms with van der Waals surface area (Å²) in [6, 6.07) is 3.75. The number of fused-ring (bicyclic) bond motifs is 2. The van der Waals surface area contributed by atoms with Crippen LogP contribution in [0.15, 0.2) is 0 Å². The number of nitrogens with one attached hydrogen (secondary N) is 1. The lowest BCUT2D eigenvalue weighted by atomic mass is 10.1. The maximum absolute atomic E-state index is 8.46. The molecule has 0 saturated carbocycles. The van der Waals surface area contributed by atoms with Gasteiger partial charge in [0.15, 0.2) is 0 Å². The minimum atomic E-state index is 0.720. The van der Waals surface area contributed by atoms with Crippen LogP contribution in [0.25, 0.3) is 0 Å². The van der Waals surface area contributed by atoms with Crippen LogP contribution >= 0.6 is 0 Å². The number of likely N-dealkylation sites (tertiary alicyclic amines) is 1. The molecule has 2 heterocycles. The summed E-state index contributed by atoms with van der Waals surface area (Å²) < 4.78 is 0. The molecule has 2 saturated heterocycles. The molecule has 2 rings (SSSR count). The van der Waals surface area contributed by atoms with Gasteiger partial charge in [-0.2, -0.15) is 5.26 Å². The van der Waals surface area contributed by atoms with E-state index in [0.717, 1.165) is 24.9 Å². The average molecular weight is 207 g/mol. The first kappa shape index (κ1) is 10.9. The van der Waals surface area contributed by atoms with E-state index < -0.39 is 0 Å². The zero-order valence-electron chi connectivity index (χ0n) is 9.41. The molecule has 0 amide bonds. The summed E-state index contributed by atoms with van der Waals surface area (Å²) >= 11 is 0. The van der Waals surface area contributed by atoms with E-state index in [1.54, 1.807) is 0 Å². The van der Waals surface area contributed by atoms with E-state index >= 15 is 0 Å². The van der Waals surface area contributed by atoms with Crippen molar-refractivity contribution in [2.75, 3.05) is 19.6 Å². The Morgan fingerprint density at radius 2 is 2.07 bits per heavy atom. The van der Waals surface area contributed by atoms with Crippen LogP contribution in [-0.4, -0.2) is 36.6 Å². The molecule has 0 radical (unpaired) electrons. The van der Waals surface area contributed by atoms with Crippen LogP contribution in [0.1, 0.15) is 38.5 Å². The Balaban J connectivity index is 1.67. The predicted molar refractivity (Wildman–Crippen MR) is 60.5 cm³/mol. The first-order valence-electron chi connectivity index (χ1n) is 6.24. The van der Waals surface area contributed by atoms with Crippen molar-refractivity contribution in [1.29, 1.82) is 5.26 Å². The van der Waals surface area contributed by atoms with Crippen molar-refractivity contribution in [2.45, 2.75) is 50.6 Å². The SMILES string of the molecule is N#CCCCCN1CCC2CCC(C1)N2. The Morgan fingerprint density at radius 3 is 2.93 bits per heavy atom. The van der Waals surface area contributed by atoms with Gasteiger partial charge in [0.25, 0.3) is 0 Å². The standard InChI is InChI=1S/C12H21N3/c13-7-2-1-3-8-15-9-6-11-4-5-12(10-15)14-11/h11-12,14H,1-6,8-10H2. The van der Waals surface area contributed by atoms with Crippen molar-refractivity contribution in [1.82, 2.24) is 10.2 Å². The molecule has 0 spiro atoms. The molecule has 0 aromatic carbocycles. The highest BCUT2D eigenvalue weighted by molar-refractivity contribution is 4.89. The lowest BCUT2D eigenvalue weighted by molar-refractivity contribution is 0.254. The fourth-order valence-corrected chi connectivity index (χ4v) is 2.76. The number of nitrogens with zero attached hydrogens (tertiary/aromatic N) is 2. The van der Waals surface area contributed by atoms with E-state index in [-0.39, 0.29) is 0 Å². The van der Waals surface area contributed by atoms with Gasteiger partial charge >= 0.3 is 0 Å².